The zero-order chi connectivity index (χ0) is 17.9. The van der Waals surface area contributed by atoms with Crippen molar-refractivity contribution in [1.82, 2.24) is 9.55 Å². The minimum atomic E-state index is -0.0230. The van der Waals surface area contributed by atoms with Crippen LogP contribution in [0.2, 0.25) is 0 Å². The Morgan fingerprint density at radius 2 is 2.04 bits per heavy atom. The number of thioether (sulfide) groups is 1. The minimum absolute atomic E-state index is 0.0230. The number of aryl methyl sites for hydroxylation is 2. The van der Waals surface area contributed by atoms with Crippen LogP contribution in [-0.2, 0) is 11.3 Å². The summed E-state index contributed by atoms with van der Waals surface area (Å²) < 4.78 is 3.20. The third-order valence-corrected chi connectivity index (χ3v) is 5.59. The van der Waals surface area contributed by atoms with Crippen molar-refractivity contribution in [1.29, 1.82) is 0 Å². The second kappa shape index (κ2) is 8.21. The Hall–Kier alpha value is -1.27. The molecule has 2 rings (SSSR count). The number of nitrogens with one attached hydrogen (secondary N) is 1. The van der Waals surface area contributed by atoms with Gasteiger partial charge in [0.2, 0.25) is 5.91 Å². The Labute approximate surface area is 156 Å². The molecule has 130 valence electrons. The normalized spacial score (nSPS) is 11.1. The van der Waals surface area contributed by atoms with E-state index in [1.54, 1.807) is 0 Å². The fraction of sp³-hybridized carbons (Fsp3) is 0.444. The van der Waals surface area contributed by atoms with Gasteiger partial charge in [-0.05, 0) is 44.4 Å². The molecule has 0 fully saturated rings. The topological polar surface area (TPSA) is 46.9 Å². The Bertz CT molecular complexity index is 740. The molecular weight excluding hydrogens is 386 g/mol. The van der Waals surface area contributed by atoms with Gasteiger partial charge in [0.05, 0.1) is 11.4 Å². The van der Waals surface area contributed by atoms with E-state index in [0.29, 0.717) is 11.7 Å². The van der Waals surface area contributed by atoms with Gasteiger partial charge in [-0.25, -0.2) is 4.98 Å². The maximum atomic E-state index is 12.2. The van der Waals surface area contributed by atoms with Gasteiger partial charge >= 0.3 is 0 Å². The van der Waals surface area contributed by atoms with Crippen LogP contribution in [0, 0.1) is 26.7 Å². The molecular formula is C18H24BrN3OS. The molecule has 0 spiro atoms. The number of carbonyl (C=O) groups excluding carboxylic acids is 1. The number of anilines is 1. The molecule has 1 aromatic heterocycles. The van der Waals surface area contributed by atoms with Crippen LogP contribution in [0.1, 0.15) is 30.8 Å². The summed E-state index contributed by atoms with van der Waals surface area (Å²) in [4.78, 5) is 16.8. The third-order valence-electron chi connectivity index (χ3n) is 3.76. The van der Waals surface area contributed by atoms with Crippen LogP contribution in [0.4, 0.5) is 5.69 Å². The second-order valence-corrected chi connectivity index (χ2v) is 8.17. The van der Waals surface area contributed by atoms with E-state index in [-0.39, 0.29) is 5.91 Å². The predicted octanol–water partition coefficient (Wildman–Crippen LogP) is 4.96. The summed E-state index contributed by atoms with van der Waals surface area (Å²) in [5.74, 6) is 0.861. The Balaban J connectivity index is 2.01. The van der Waals surface area contributed by atoms with E-state index < -0.39 is 0 Å². The first-order valence-electron chi connectivity index (χ1n) is 8.00. The van der Waals surface area contributed by atoms with E-state index >= 15 is 0 Å². The predicted molar refractivity (Wildman–Crippen MR) is 105 cm³/mol. The minimum Gasteiger partial charge on any atom is -0.325 e. The summed E-state index contributed by atoms with van der Waals surface area (Å²) in [5, 5.41) is 3.85. The number of rotatable bonds is 6. The monoisotopic (exact) mass is 409 g/mol. The number of amides is 1. The molecule has 1 N–H and O–H groups in total. The molecule has 1 heterocycles. The highest BCUT2D eigenvalue weighted by molar-refractivity contribution is 9.10. The molecule has 0 saturated carbocycles. The van der Waals surface area contributed by atoms with Gasteiger partial charge in [0.15, 0.2) is 5.16 Å². The first kappa shape index (κ1) is 19.1. The molecule has 6 heteroatoms. The quantitative estimate of drug-likeness (QED) is 0.685. The van der Waals surface area contributed by atoms with Crippen molar-refractivity contribution in [2.75, 3.05) is 11.1 Å². The van der Waals surface area contributed by atoms with Crippen molar-refractivity contribution in [3.8, 4) is 0 Å². The molecule has 24 heavy (non-hydrogen) atoms. The first-order chi connectivity index (χ1) is 11.3. The molecule has 0 unspecified atom stereocenters. The number of nitrogens with zero attached hydrogens (tertiary/aromatic N) is 2. The number of hydrogen-bond donors (Lipinski definition) is 1. The van der Waals surface area contributed by atoms with E-state index in [4.69, 9.17) is 0 Å². The number of benzene rings is 1. The van der Waals surface area contributed by atoms with Crippen molar-refractivity contribution >= 4 is 39.3 Å². The van der Waals surface area contributed by atoms with Crippen molar-refractivity contribution in [2.45, 2.75) is 46.3 Å². The number of carbonyl (C=O) groups is 1. The Kier molecular flexibility index (Phi) is 6.52. The van der Waals surface area contributed by atoms with Crippen molar-refractivity contribution < 1.29 is 4.79 Å². The van der Waals surface area contributed by atoms with E-state index in [1.165, 1.54) is 17.5 Å². The van der Waals surface area contributed by atoms with Crippen LogP contribution in [-0.4, -0.2) is 21.2 Å². The maximum absolute atomic E-state index is 12.2. The maximum Gasteiger partial charge on any atom is 0.234 e. The summed E-state index contributed by atoms with van der Waals surface area (Å²) in [7, 11) is 0. The molecule has 4 nitrogen and oxygen atoms in total. The van der Waals surface area contributed by atoms with Crippen LogP contribution in [0.5, 0.6) is 0 Å². The van der Waals surface area contributed by atoms with Gasteiger partial charge in [0.25, 0.3) is 0 Å². The van der Waals surface area contributed by atoms with Gasteiger partial charge in [-0.15, -0.1) is 0 Å². The largest absolute Gasteiger partial charge is 0.325 e. The number of imidazole rings is 1. The average Bonchev–Trinajstić information content (AvgIpc) is 2.76. The van der Waals surface area contributed by atoms with Crippen LogP contribution < -0.4 is 5.32 Å². The zero-order valence-electron chi connectivity index (χ0n) is 14.8. The Morgan fingerprint density at radius 1 is 1.33 bits per heavy atom. The lowest BCUT2D eigenvalue weighted by Crippen LogP contribution is -2.15. The molecule has 0 radical (unpaired) electrons. The fourth-order valence-electron chi connectivity index (χ4n) is 2.31. The van der Waals surface area contributed by atoms with Crippen molar-refractivity contribution in [3.63, 3.8) is 0 Å². The van der Waals surface area contributed by atoms with Gasteiger partial charge in [-0.3, -0.25) is 4.79 Å². The second-order valence-electron chi connectivity index (χ2n) is 6.37. The SMILES string of the molecule is Cc1ccc(NC(=O)CSc2nc(C)c(C)n2CC(C)C)cc1Br. The Morgan fingerprint density at radius 3 is 2.67 bits per heavy atom. The summed E-state index contributed by atoms with van der Waals surface area (Å²) >= 11 is 4.97. The van der Waals surface area contributed by atoms with E-state index in [0.717, 1.165) is 33.1 Å². The van der Waals surface area contributed by atoms with Gasteiger partial charge in [-0.1, -0.05) is 47.6 Å². The lowest BCUT2D eigenvalue weighted by molar-refractivity contribution is -0.113. The van der Waals surface area contributed by atoms with Crippen LogP contribution >= 0.6 is 27.7 Å². The smallest absolute Gasteiger partial charge is 0.234 e. The third kappa shape index (κ3) is 4.86. The van der Waals surface area contributed by atoms with E-state index in [1.807, 2.05) is 32.0 Å². The number of halogens is 1. The highest BCUT2D eigenvalue weighted by Crippen LogP contribution is 2.24. The lowest BCUT2D eigenvalue weighted by Gasteiger charge is -2.12. The molecule has 0 saturated heterocycles. The highest BCUT2D eigenvalue weighted by Gasteiger charge is 2.14. The zero-order valence-corrected chi connectivity index (χ0v) is 17.2. The molecule has 2 aromatic rings. The number of hydrogen-bond acceptors (Lipinski definition) is 3. The van der Waals surface area contributed by atoms with Crippen molar-refractivity contribution in [3.05, 3.63) is 39.6 Å². The van der Waals surface area contributed by atoms with Crippen LogP contribution in [0.25, 0.3) is 0 Å². The summed E-state index contributed by atoms with van der Waals surface area (Å²) in [6.45, 7) is 11.4. The molecule has 0 aliphatic heterocycles. The highest BCUT2D eigenvalue weighted by atomic mass is 79.9. The van der Waals surface area contributed by atoms with Crippen LogP contribution in [0.3, 0.4) is 0 Å². The summed E-state index contributed by atoms with van der Waals surface area (Å²) in [6, 6.07) is 5.82. The average molecular weight is 410 g/mol. The van der Waals surface area contributed by atoms with E-state index in [9.17, 15) is 4.79 Å². The standard InChI is InChI=1S/C18H24BrN3OS/c1-11(2)9-22-14(5)13(4)20-18(22)24-10-17(23)21-15-7-6-12(3)16(19)8-15/h6-8,11H,9-10H2,1-5H3,(H,21,23). The molecule has 0 atom stereocenters. The van der Waals surface area contributed by atoms with Crippen LogP contribution in [0.15, 0.2) is 27.8 Å². The lowest BCUT2D eigenvalue weighted by atomic mass is 10.2. The molecule has 0 bridgehead atoms. The summed E-state index contributed by atoms with van der Waals surface area (Å²) in [6.07, 6.45) is 0. The van der Waals surface area contributed by atoms with Gasteiger partial charge in [-0.2, -0.15) is 0 Å². The van der Waals surface area contributed by atoms with Gasteiger partial charge in [0.1, 0.15) is 0 Å². The van der Waals surface area contributed by atoms with Crippen molar-refractivity contribution in [2.24, 2.45) is 5.92 Å². The molecule has 1 amide bonds. The first-order valence-corrected chi connectivity index (χ1v) is 9.78. The summed E-state index contributed by atoms with van der Waals surface area (Å²) in [5.41, 5.74) is 4.15. The van der Waals surface area contributed by atoms with Gasteiger partial charge < -0.3 is 9.88 Å². The molecule has 0 aliphatic carbocycles. The van der Waals surface area contributed by atoms with Gasteiger partial charge in [0, 0.05) is 22.4 Å². The number of aromatic nitrogens is 2. The molecule has 1 aromatic carbocycles. The molecule has 0 aliphatic rings. The van der Waals surface area contributed by atoms with E-state index in [2.05, 4.69) is 51.6 Å². The fourth-order valence-corrected chi connectivity index (χ4v) is 3.59.